The van der Waals surface area contributed by atoms with Crippen LogP contribution in [0.4, 0.5) is 4.39 Å². The first-order valence-corrected chi connectivity index (χ1v) is 11.1. The first-order valence-electron chi connectivity index (χ1n) is 10.7. The molecule has 2 heteroatoms. The molecule has 0 amide bonds. The zero-order valence-electron chi connectivity index (χ0n) is 17.1. The summed E-state index contributed by atoms with van der Waals surface area (Å²) in [5.74, 6) is 7.16. The van der Waals surface area contributed by atoms with Crippen molar-refractivity contribution in [1.29, 1.82) is 0 Å². The number of hydrogen-bond acceptors (Lipinski definition) is 0. The van der Waals surface area contributed by atoms with Crippen LogP contribution >= 0.6 is 11.6 Å². The van der Waals surface area contributed by atoms with Crippen molar-refractivity contribution in [2.45, 2.75) is 44.4 Å². The number of fused-ring (bicyclic) bond motifs is 1. The molecule has 0 nitrogen and oxygen atoms in total. The van der Waals surface area contributed by atoms with E-state index in [-0.39, 0.29) is 5.82 Å². The van der Waals surface area contributed by atoms with Gasteiger partial charge in [0, 0.05) is 16.0 Å². The third kappa shape index (κ3) is 4.77. The van der Waals surface area contributed by atoms with Crippen LogP contribution in [0.5, 0.6) is 0 Å². The lowest BCUT2D eigenvalue weighted by molar-refractivity contribution is 0.312. The van der Waals surface area contributed by atoms with Gasteiger partial charge in [-0.25, -0.2) is 4.39 Å². The summed E-state index contributed by atoms with van der Waals surface area (Å²) in [7, 11) is 0. The molecule has 4 rings (SSSR count). The SMILES string of the molecule is C=CCCC1CCC(c2ccc3c(F)c(C#Cc4ccc(Cl)cc4)ccc3c2)CC1. The Kier molecular flexibility index (Phi) is 6.56. The van der Waals surface area contributed by atoms with Crippen molar-refractivity contribution in [2.24, 2.45) is 5.92 Å². The van der Waals surface area contributed by atoms with Crippen LogP contribution < -0.4 is 0 Å². The Balaban J connectivity index is 1.52. The van der Waals surface area contributed by atoms with Crippen LogP contribution in [-0.4, -0.2) is 0 Å². The zero-order valence-corrected chi connectivity index (χ0v) is 17.9. The number of rotatable bonds is 4. The molecule has 3 aromatic rings. The summed E-state index contributed by atoms with van der Waals surface area (Å²) >= 11 is 5.90. The average Bonchev–Trinajstić information content (AvgIpc) is 2.78. The standard InChI is InChI=1S/C28H26ClF/c1-2-3-4-20-5-10-22(11-6-20)24-15-18-27-25(19-24)14-13-23(28(27)30)12-7-21-8-16-26(29)17-9-21/h2,8-9,13-20,22H,1,3-6,10-11H2. The van der Waals surface area contributed by atoms with Gasteiger partial charge >= 0.3 is 0 Å². The van der Waals surface area contributed by atoms with Crippen molar-refractivity contribution in [3.63, 3.8) is 0 Å². The maximum atomic E-state index is 15.0. The molecule has 0 aliphatic heterocycles. The summed E-state index contributed by atoms with van der Waals surface area (Å²) < 4.78 is 15.0. The van der Waals surface area contributed by atoms with Crippen molar-refractivity contribution >= 4 is 22.4 Å². The number of allylic oxidation sites excluding steroid dienone is 1. The fourth-order valence-corrected chi connectivity index (χ4v) is 4.60. The molecular weight excluding hydrogens is 391 g/mol. The van der Waals surface area contributed by atoms with Crippen LogP contribution in [0.15, 0.2) is 67.3 Å². The highest BCUT2D eigenvalue weighted by Crippen LogP contribution is 2.38. The summed E-state index contributed by atoms with van der Waals surface area (Å²) in [5.41, 5.74) is 2.58. The molecule has 0 heterocycles. The third-order valence-electron chi connectivity index (χ3n) is 6.26. The first kappa shape index (κ1) is 20.7. The van der Waals surface area contributed by atoms with Crippen LogP contribution in [0.3, 0.4) is 0 Å². The smallest absolute Gasteiger partial charge is 0.146 e. The van der Waals surface area contributed by atoms with Crippen molar-refractivity contribution in [3.05, 3.63) is 94.8 Å². The second kappa shape index (κ2) is 9.50. The summed E-state index contributed by atoms with van der Waals surface area (Å²) in [6, 6.07) is 17.2. The van der Waals surface area contributed by atoms with Gasteiger partial charge in [0.05, 0.1) is 5.56 Å². The second-order valence-corrected chi connectivity index (χ2v) is 8.68. The second-order valence-electron chi connectivity index (χ2n) is 8.25. The minimum absolute atomic E-state index is 0.242. The lowest BCUT2D eigenvalue weighted by atomic mass is 9.77. The number of hydrogen-bond donors (Lipinski definition) is 0. The van der Waals surface area contributed by atoms with Crippen molar-refractivity contribution < 1.29 is 4.39 Å². The fourth-order valence-electron chi connectivity index (χ4n) is 4.47. The lowest BCUT2D eigenvalue weighted by Crippen LogP contribution is -2.13. The van der Waals surface area contributed by atoms with Crippen molar-refractivity contribution in [2.75, 3.05) is 0 Å². The summed E-state index contributed by atoms with van der Waals surface area (Å²) in [5, 5.41) is 2.26. The minimum Gasteiger partial charge on any atom is -0.205 e. The molecule has 152 valence electrons. The van der Waals surface area contributed by atoms with Crippen LogP contribution in [0, 0.1) is 23.6 Å². The van der Waals surface area contributed by atoms with E-state index in [4.69, 9.17) is 11.6 Å². The van der Waals surface area contributed by atoms with E-state index in [1.165, 1.54) is 37.7 Å². The monoisotopic (exact) mass is 416 g/mol. The summed E-state index contributed by atoms with van der Waals surface area (Å²) in [6.07, 6.45) is 9.42. The Morgan fingerprint density at radius 3 is 2.47 bits per heavy atom. The molecule has 0 spiro atoms. The van der Waals surface area contributed by atoms with Gasteiger partial charge in [0.15, 0.2) is 0 Å². The third-order valence-corrected chi connectivity index (χ3v) is 6.51. The number of halogens is 2. The molecule has 0 atom stereocenters. The van der Waals surface area contributed by atoms with E-state index in [1.807, 2.05) is 30.3 Å². The molecule has 0 bridgehead atoms. The van der Waals surface area contributed by atoms with E-state index in [2.05, 4.69) is 30.6 Å². The van der Waals surface area contributed by atoms with Crippen LogP contribution in [-0.2, 0) is 0 Å². The van der Waals surface area contributed by atoms with E-state index in [0.717, 1.165) is 23.3 Å². The van der Waals surface area contributed by atoms with Gasteiger partial charge in [-0.2, -0.15) is 0 Å². The van der Waals surface area contributed by atoms with E-state index >= 15 is 4.39 Å². The first-order chi connectivity index (χ1) is 14.6. The molecule has 3 aromatic carbocycles. The van der Waals surface area contributed by atoms with Crippen LogP contribution in [0.1, 0.15) is 61.1 Å². The zero-order chi connectivity index (χ0) is 20.9. The molecule has 0 radical (unpaired) electrons. The molecule has 0 aromatic heterocycles. The van der Waals surface area contributed by atoms with E-state index < -0.39 is 0 Å². The van der Waals surface area contributed by atoms with Gasteiger partial charge in [0.1, 0.15) is 5.82 Å². The Hall–Kier alpha value is -2.56. The van der Waals surface area contributed by atoms with E-state index in [9.17, 15) is 0 Å². The fraction of sp³-hybridized carbons (Fsp3) is 0.286. The largest absolute Gasteiger partial charge is 0.205 e. The molecule has 0 unspecified atom stereocenters. The van der Waals surface area contributed by atoms with Crippen LogP contribution in [0.25, 0.3) is 10.8 Å². The summed E-state index contributed by atoms with van der Waals surface area (Å²) in [6.45, 7) is 3.84. The maximum Gasteiger partial charge on any atom is 0.146 e. The molecule has 30 heavy (non-hydrogen) atoms. The van der Waals surface area contributed by atoms with Gasteiger partial charge in [0.25, 0.3) is 0 Å². The molecular formula is C28H26ClF. The lowest BCUT2D eigenvalue weighted by Gasteiger charge is -2.28. The maximum absolute atomic E-state index is 15.0. The van der Waals surface area contributed by atoms with Gasteiger partial charge in [-0.15, -0.1) is 6.58 Å². The van der Waals surface area contributed by atoms with Gasteiger partial charge in [0.2, 0.25) is 0 Å². The molecule has 1 fully saturated rings. The van der Waals surface area contributed by atoms with Gasteiger partial charge in [-0.3, -0.25) is 0 Å². The van der Waals surface area contributed by atoms with Crippen LogP contribution in [0.2, 0.25) is 5.02 Å². The quantitative estimate of drug-likeness (QED) is 0.296. The Bertz CT molecular complexity index is 1090. The predicted octanol–water partition coefficient (Wildman–Crippen LogP) is 8.27. The Morgan fingerprint density at radius 2 is 1.73 bits per heavy atom. The molecule has 1 aliphatic rings. The molecule has 0 saturated heterocycles. The Labute approximate surface area is 183 Å². The normalized spacial score (nSPS) is 18.6. The molecule has 0 N–H and O–H groups in total. The van der Waals surface area contributed by atoms with Gasteiger partial charge < -0.3 is 0 Å². The predicted molar refractivity (Wildman–Crippen MR) is 125 cm³/mol. The molecule has 1 aliphatic carbocycles. The van der Waals surface area contributed by atoms with Gasteiger partial charge in [-0.1, -0.05) is 53.8 Å². The highest BCUT2D eigenvalue weighted by molar-refractivity contribution is 6.30. The highest BCUT2D eigenvalue weighted by atomic mass is 35.5. The topological polar surface area (TPSA) is 0 Å². The van der Waals surface area contributed by atoms with Crippen molar-refractivity contribution in [3.8, 4) is 11.8 Å². The van der Waals surface area contributed by atoms with E-state index in [0.29, 0.717) is 21.9 Å². The van der Waals surface area contributed by atoms with Gasteiger partial charge in [-0.05, 0) is 91.6 Å². The number of benzene rings is 3. The highest BCUT2D eigenvalue weighted by Gasteiger charge is 2.22. The van der Waals surface area contributed by atoms with Crippen molar-refractivity contribution in [1.82, 2.24) is 0 Å². The summed E-state index contributed by atoms with van der Waals surface area (Å²) in [4.78, 5) is 0. The average molecular weight is 417 g/mol. The molecule has 1 saturated carbocycles. The van der Waals surface area contributed by atoms with E-state index in [1.54, 1.807) is 18.2 Å². The Morgan fingerprint density at radius 1 is 0.967 bits per heavy atom. The minimum atomic E-state index is -0.242.